The van der Waals surface area contributed by atoms with Gasteiger partial charge in [-0.15, -0.1) is 0 Å². The van der Waals surface area contributed by atoms with Crippen LogP contribution in [0.2, 0.25) is 0 Å². The standard InChI is InChI=1S/C27H32N4O7/c1-15(2)24(25(34)30-16(3)26(35)36)31-23(33)13-28-22(32)12-29-27(37)38-14-21-19-10-6-4-8-17(19)18-9-5-7-11-20(18)21/h4-11,15-16,21,24H,12-14H2,1-3H3,(H,28,32)(H,29,37)(H,30,34)(H,31,33)(H,35,36). The zero-order valence-electron chi connectivity index (χ0n) is 21.4. The lowest BCUT2D eigenvalue weighted by Crippen LogP contribution is -2.54. The Balaban J connectivity index is 1.42. The van der Waals surface area contributed by atoms with Crippen LogP contribution in [0.25, 0.3) is 11.1 Å². The number of benzene rings is 2. The van der Waals surface area contributed by atoms with Crippen molar-refractivity contribution in [2.75, 3.05) is 19.7 Å². The molecule has 2 aromatic rings. The molecule has 0 aromatic heterocycles. The zero-order chi connectivity index (χ0) is 27.8. The van der Waals surface area contributed by atoms with Gasteiger partial charge in [0.05, 0.1) is 6.54 Å². The molecule has 0 heterocycles. The highest BCUT2D eigenvalue weighted by Gasteiger charge is 2.29. The average molecular weight is 525 g/mol. The van der Waals surface area contributed by atoms with Crippen molar-refractivity contribution >= 4 is 29.8 Å². The lowest BCUT2D eigenvalue weighted by molar-refractivity contribution is -0.142. The fourth-order valence-corrected chi connectivity index (χ4v) is 4.17. The highest BCUT2D eigenvalue weighted by Crippen LogP contribution is 2.44. The Labute approximate surface area is 220 Å². The molecule has 1 aliphatic rings. The number of aliphatic carboxylic acids is 1. The van der Waals surface area contributed by atoms with Gasteiger partial charge in [0.1, 0.15) is 25.2 Å². The first-order valence-electron chi connectivity index (χ1n) is 12.3. The van der Waals surface area contributed by atoms with E-state index in [1.54, 1.807) is 13.8 Å². The van der Waals surface area contributed by atoms with Crippen molar-refractivity contribution in [3.63, 3.8) is 0 Å². The Hall–Kier alpha value is -4.41. The molecule has 5 N–H and O–H groups in total. The van der Waals surface area contributed by atoms with Crippen LogP contribution in [0.5, 0.6) is 0 Å². The van der Waals surface area contributed by atoms with Crippen molar-refractivity contribution in [3.8, 4) is 11.1 Å². The van der Waals surface area contributed by atoms with E-state index in [1.165, 1.54) is 6.92 Å². The zero-order valence-corrected chi connectivity index (χ0v) is 21.4. The van der Waals surface area contributed by atoms with Crippen LogP contribution in [-0.2, 0) is 23.9 Å². The van der Waals surface area contributed by atoms with Gasteiger partial charge in [-0.25, -0.2) is 4.79 Å². The van der Waals surface area contributed by atoms with Crippen molar-refractivity contribution in [2.24, 2.45) is 5.92 Å². The summed E-state index contributed by atoms with van der Waals surface area (Å²) in [6.45, 7) is 3.94. The molecule has 4 amide bonds. The predicted octanol–water partition coefficient (Wildman–Crippen LogP) is 1.37. The molecule has 0 saturated heterocycles. The quantitative estimate of drug-likeness (QED) is 0.296. The minimum absolute atomic E-state index is 0.100. The van der Waals surface area contributed by atoms with E-state index in [9.17, 15) is 24.0 Å². The van der Waals surface area contributed by atoms with Gasteiger partial charge in [-0.05, 0) is 35.1 Å². The number of rotatable bonds is 11. The van der Waals surface area contributed by atoms with Crippen LogP contribution in [0.15, 0.2) is 48.5 Å². The number of hydrogen-bond acceptors (Lipinski definition) is 6. The van der Waals surface area contributed by atoms with Gasteiger partial charge in [-0.1, -0.05) is 62.4 Å². The highest BCUT2D eigenvalue weighted by atomic mass is 16.5. The van der Waals surface area contributed by atoms with Crippen LogP contribution in [0, 0.1) is 5.92 Å². The summed E-state index contributed by atoms with van der Waals surface area (Å²) in [6, 6.07) is 13.7. The van der Waals surface area contributed by atoms with Crippen LogP contribution >= 0.6 is 0 Å². The van der Waals surface area contributed by atoms with E-state index in [1.807, 2.05) is 48.5 Å². The third kappa shape index (κ3) is 7.09. The fraction of sp³-hybridized carbons (Fsp3) is 0.370. The number of amides is 4. The van der Waals surface area contributed by atoms with Crippen molar-refractivity contribution in [1.29, 1.82) is 0 Å². The molecule has 202 valence electrons. The number of fused-ring (bicyclic) bond motifs is 3. The molecule has 2 aromatic carbocycles. The second-order valence-electron chi connectivity index (χ2n) is 9.31. The summed E-state index contributed by atoms with van der Waals surface area (Å²) < 4.78 is 5.37. The molecular formula is C27H32N4O7. The van der Waals surface area contributed by atoms with Gasteiger partial charge in [-0.3, -0.25) is 19.2 Å². The van der Waals surface area contributed by atoms with Crippen LogP contribution in [0.1, 0.15) is 37.8 Å². The minimum Gasteiger partial charge on any atom is -0.480 e. The molecule has 0 spiro atoms. The second kappa shape index (κ2) is 12.7. The van der Waals surface area contributed by atoms with Gasteiger partial charge < -0.3 is 31.1 Å². The Morgan fingerprint density at radius 2 is 1.37 bits per heavy atom. The maximum absolute atomic E-state index is 12.3. The van der Waals surface area contributed by atoms with E-state index in [0.29, 0.717) is 0 Å². The van der Waals surface area contributed by atoms with Crippen molar-refractivity contribution < 1.29 is 33.8 Å². The van der Waals surface area contributed by atoms with Crippen molar-refractivity contribution in [2.45, 2.75) is 38.8 Å². The average Bonchev–Trinajstić information content (AvgIpc) is 3.21. The summed E-state index contributed by atoms with van der Waals surface area (Å²) in [4.78, 5) is 59.8. The Morgan fingerprint density at radius 1 is 0.816 bits per heavy atom. The summed E-state index contributed by atoms with van der Waals surface area (Å²) in [5, 5.41) is 18.4. The topological polar surface area (TPSA) is 163 Å². The summed E-state index contributed by atoms with van der Waals surface area (Å²) in [5.41, 5.74) is 4.33. The molecule has 0 radical (unpaired) electrons. The molecule has 38 heavy (non-hydrogen) atoms. The molecule has 2 unspecified atom stereocenters. The maximum Gasteiger partial charge on any atom is 0.407 e. The number of carboxylic acids is 1. The Kier molecular flexibility index (Phi) is 9.42. The smallest absolute Gasteiger partial charge is 0.407 e. The van der Waals surface area contributed by atoms with E-state index in [0.717, 1.165) is 22.3 Å². The molecular weight excluding hydrogens is 492 g/mol. The molecule has 0 fully saturated rings. The monoisotopic (exact) mass is 524 g/mol. The molecule has 0 bridgehead atoms. The van der Waals surface area contributed by atoms with E-state index in [-0.39, 0.29) is 18.4 Å². The Bertz CT molecular complexity index is 1170. The molecule has 1 aliphatic carbocycles. The normalized spacial score (nSPS) is 13.5. The molecule has 2 atom stereocenters. The van der Waals surface area contributed by atoms with Gasteiger partial charge in [0.15, 0.2) is 0 Å². The highest BCUT2D eigenvalue weighted by molar-refractivity contribution is 5.92. The Morgan fingerprint density at radius 3 is 1.92 bits per heavy atom. The van der Waals surface area contributed by atoms with E-state index in [4.69, 9.17) is 9.84 Å². The summed E-state index contributed by atoms with van der Waals surface area (Å²) >= 11 is 0. The van der Waals surface area contributed by atoms with Crippen molar-refractivity contribution in [1.82, 2.24) is 21.3 Å². The van der Waals surface area contributed by atoms with Crippen LogP contribution in [0.4, 0.5) is 4.79 Å². The lowest BCUT2D eigenvalue weighted by Gasteiger charge is -2.23. The number of carboxylic acid groups (broad SMARTS) is 1. The molecule has 0 aliphatic heterocycles. The van der Waals surface area contributed by atoms with E-state index >= 15 is 0 Å². The molecule has 0 saturated carbocycles. The third-order valence-corrected chi connectivity index (χ3v) is 6.18. The first-order chi connectivity index (χ1) is 18.1. The van der Waals surface area contributed by atoms with Gasteiger partial charge in [0.25, 0.3) is 0 Å². The predicted molar refractivity (Wildman–Crippen MR) is 138 cm³/mol. The molecule has 11 nitrogen and oxygen atoms in total. The SMILES string of the molecule is CC(NC(=O)C(NC(=O)CNC(=O)CNC(=O)OCC1c2ccccc2-c2ccccc21)C(C)C)C(=O)O. The maximum atomic E-state index is 12.3. The van der Waals surface area contributed by atoms with E-state index < -0.39 is 55.0 Å². The van der Waals surface area contributed by atoms with Crippen LogP contribution in [-0.4, -0.2) is 66.7 Å². The van der Waals surface area contributed by atoms with E-state index in [2.05, 4.69) is 21.3 Å². The first kappa shape index (κ1) is 28.2. The summed E-state index contributed by atoms with van der Waals surface area (Å²) in [5.74, 6) is -3.56. The number of hydrogen-bond donors (Lipinski definition) is 5. The largest absolute Gasteiger partial charge is 0.480 e. The summed E-state index contributed by atoms with van der Waals surface area (Å²) in [7, 11) is 0. The number of ether oxygens (including phenoxy) is 1. The number of alkyl carbamates (subject to hydrolysis) is 1. The molecule has 3 rings (SSSR count). The third-order valence-electron chi connectivity index (χ3n) is 6.18. The van der Waals surface area contributed by atoms with Gasteiger partial charge in [0, 0.05) is 5.92 Å². The number of carbonyl (C=O) groups is 5. The minimum atomic E-state index is -1.21. The van der Waals surface area contributed by atoms with Crippen molar-refractivity contribution in [3.05, 3.63) is 59.7 Å². The van der Waals surface area contributed by atoms with Crippen LogP contribution < -0.4 is 21.3 Å². The lowest BCUT2D eigenvalue weighted by atomic mass is 9.98. The van der Waals surface area contributed by atoms with Crippen LogP contribution in [0.3, 0.4) is 0 Å². The van der Waals surface area contributed by atoms with Gasteiger partial charge in [-0.2, -0.15) is 0 Å². The number of carbonyl (C=O) groups excluding carboxylic acids is 4. The molecule has 11 heteroatoms. The number of nitrogens with one attached hydrogen (secondary N) is 4. The second-order valence-corrected chi connectivity index (χ2v) is 9.31. The van der Waals surface area contributed by atoms with Gasteiger partial charge in [0.2, 0.25) is 17.7 Å². The first-order valence-corrected chi connectivity index (χ1v) is 12.3. The van der Waals surface area contributed by atoms with Gasteiger partial charge >= 0.3 is 12.1 Å². The fourth-order valence-electron chi connectivity index (χ4n) is 4.17. The summed E-state index contributed by atoms with van der Waals surface area (Å²) in [6.07, 6.45) is -0.768.